The molecule has 4 nitrogen and oxygen atoms in total. The van der Waals surface area contributed by atoms with Crippen LogP contribution in [0.2, 0.25) is 4.34 Å². The van der Waals surface area contributed by atoms with Crippen LogP contribution < -0.4 is 10.6 Å². The predicted octanol–water partition coefficient (Wildman–Crippen LogP) is 3.62. The SMILES string of the molecule is CCNC(=NCCc1ccc(Cl)s1)NCCn1cccc1.I. The smallest absolute Gasteiger partial charge is 0.191 e. The van der Waals surface area contributed by atoms with Gasteiger partial charge in [-0.25, -0.2) is 0 Å². The second-order valence-electron chi connectivity index (χ2n) is 4.56. The Morgan fingerprint density at radius 1 is 1.27 bits per heavy atom. The van der Waals surface area contributed by atoms with Crippen LogP contribution in [-0.4, -0.2) is 30.2 Å². The molecule has 0 radical (unpaired) electrons. The molecular formula is C15H22ClIN4S. The van der Waals surface area contributed by atoms with Gasteiger partial charge in [0.15, 0.2) is 5.96 Å². The quantitative estimate of drug-likeness (QED) is 0.383. The van der Waals surface area contributed by atoms with Gasteiger partial charge in [-0.15, -0.1) is 35.3 Å². The summed E-state index contributed by atoms with van der Waals surface area (Å²) in [5, 5.41) is 6.61. The third-order valence-corrected chi connectivity index (χ3v) is 4.22. The van der Waals surface area contributed by atoms with Crippen molar-refractivity contribution in [3.8, 4) is 0 Å². The van der Waals surface area contributed by atoms with Crippen LogP contribution in [0.25, 0.3) is 0 Å². The molecule has 0 saturated carbocycles. The van der Waals surface area contributed by atoms with E-state index in [2.05, 4.69) is 45.6 Å². The van der Waals surface area contributed by atoms with Gasteiger partial charge in [0.1, 0.15) is 0 Å². The van der Waals surface area contributed by atoms with Gasteiger partial charge in [0.05, 0.1) is 4.34 Å². The number of guanidine groups is 1. The lowest BCUT2D eigenvalue weighted by Gasteiger charge is -2.11. The standard InChI is InChI=1S/C15H21ClN4S.HI/c1-2-17-15(19-9-12-20-10-3-4-11-20)18-8-7-13-5-6-14(16)21-13;/h3-6,10-11H,2,7-9,12H2,1H3,(H2,17,18,19);1H. The number of thiophene rings is 1. The van der Waals surface area contributed by atoms with Crippen molar-refractivity contribution in [2.45, 2.75) is 19.9 Å². The molecule has 0 bridgehead atoms. The Morgan fingerprint density at radius 3 is 2.68 bits per heavy atom. The van der Waals surface area contributed by atoms with E-state index in [1.54, 1.807) is 11.3 Å². The number of aliphatic imine (C=N–C) groups is 1. The molecule has 0 amide bonds. The molecule has 0 aliphatic rings. The van der Waals surface area contributed by atoms with Crippen molar-refractivity contribution in [3.05, 3.63) is 45.9 Å². The Kier molecular flexibility index (Phi) is 9.58. The van der Waals surface area contributed by atoms with Crippen LogP contribution in [0, 0.1) is 0 Å². The van der Waals surface area contributed by atoms with Crippen LogP contribution in [0.4, 0.5) is 0 Å². The largest absolute Gasteiger partial charge is 0.357 e. The summed E-state index contributed by atoms with van der Waals surface area (Å²) < 4.78 is 2.98. The van der Waals surface area contributed by atoms with E-state index in [-0.39, 0.29) is 24.0 Å². The molecule has 122 valence electrons. The number of nitrogens with one attached hydrogen (secondary N) is 2. The molecule has 2 aromatic rings. The molecule has 0 atom stereocenters. The molecule has 0 fully saturated rings. The molecule has 0 aliphatic heterocycles. The van der Waals surface area contributed by atoms with Crippen molar-refractivity contribution in [2.24, 2.45) is 4.99 Å². The van der Waals surface area contributed by atoms with Gasteiger partial charge in [-0.05, 0) is 31.2 Å². The third kappa shape index (κ3) is 7.02. The van der Waals surface area contributed by atoms with Crippen LogP contribution in [0.5, 0.6) is 0 Å². The van der Waals surface area contributed by atoms with E-state index in [0.29, 0.717) is 0 Å². The van der Waals surface area contributed by atoms with Crippen molar-refractivity contribution >= 4 is 52.9 Å². The Labute approximate surface area is 158 Å². The topological polar surface area (TPSA) is 41.4 Å². The molecule has 2 heterocycles. The molecule has 2 N–H and O–H groups in total. The Morgan fingerprint density at radius 2 is 2.05 bits per heavy atom. The first-order chi connectivity index (χ1) is 10.3. The molecule has 0 saturated heterocycles. The van der Waals surface area contributed by atoms with Gasteiger partial charge in [0.2, 0.25) is 0 Å². The van der Waals surface area contributed by atoms with Crippen molar-refractivity contribution in [2.75, 3.05) is 19.6 Å². The van der Waals surface area contributed by atoms with E-state index in [9.17, 15) is 0 Å². The van der Waals surface area contributed by atoms with E-state index in [0.717, 1.165) is 42.9 Å². The third-order valence-electron chi connectivity index (χ3n) is 2.93. The van der Waals surface area contributed by atoms with Gasteiger partial charge < -0.3 is 15.2 Å². The molecule has 0 aliphatic carbocycles. The first-order valence-electron chi connectivity index (χ1n) is 7.15. The van der Waals surface area contributed by atoms with E-state index in [4.69, 9.17) is 11.6 Å². The fourth-order valence-corrected chi connectivity index (χ4v) is 3.00. The summed E-state index contributed by atoms with van der Waals surface area (Å²) >= 11 is 7.55. The Bertz CT molecular complexity index is 554. The summed E-state index contributed by atoms with van der Waals surface area (Å²) in [5.41, 5.74) is 0. The zero-order valence-corrected chi connectivity index (χ0v) is 16.5. The average molecular weight is 453 g/mol. The van der Waals surface area contributed by atoms with Crippen LogP contribution in [0.3, 0.4) is 0 Å². The van der Waals surface area contributed by atoms with Gasteiger partial charge in [0, 0.05) is 49.9 Å². The van der Waals surface area contributed by atoms with E-state index >= 15 is 0 Å². The van der Waals surface area contributed by atoms with E-state index in [1.807, 2.05) is 18.2 Å². The lowest BCUT2D eigenvalue weighted by atomic mass is 10.3. The summed E-state index contributed by atoms with van der Waals surface area (Å²) in [6.45, 7) is 5.47. The Balaban J connectivity index is 0.00000242. The minimum absolute atomic E-state index is 0. The molecular weight excluding hydrogens is 431 g/mol. The first kappa shape index (κ1) is 19.3. The maximum atomic E-state index is 5.92. The lowest BCUT2D eigenvalue weighted by molar-refractivity contribution is 0.666. The molecule has 2 aromatic heterocycles. The van der Waals surface area contributed by atoms with Crippen molar-refractivity contribution in [1.82, 2.24) is 15.2 Å². The second-order valence-corrected chi connectivity index (χ2v) is 6.36. The lowest BCUT2D eigenvalue weighted by Crippen LogP contribution is -2.39. The normalized spacial score (nSPS) is 11.1. The summed E-state index contributed by atoms with van der Waals surface area (Å²) in [6.07, 6.45) is 5.05. The summed E-state index contributed by atoms with van der Waals surface area (Å²) in [6, 6.07) is 8.07. The van der Waals surface area contributed by atoms with Crippen molar-refractivity contribution in [1.29, 1.82) is 0 Å². The number of hydrogen-bond acceptors (Lipinski definition) is 2. The molecule has 0 unspecified atom stereocenters. The van der Waals surface area contributed by atoms with E-state index < -0.39 is 0 Å². The van der Waals surface area contributed by atoms with Crippen LogP contribution in [0.1, 0.15) is 11.8 Å². The van der Waals surface area contributed by atoms with Gasteiger partial charge in [-0.2, -0.15) is 0 Å². The maximum absolute atomic E-state index is 5.92. The fourth-order valence-electron chi connectivity index (χ4n) is 1.93. The number of aromatic nitrogens is 1. The monoisotopic (exact) mass is 452 g/mol. The van der Waals surface area contributed by atoms with Crippen LogP contribution in [-0.2, 0) is 13.0 Å². The average Bonchev–Trinajstić information content (AvgIpc) is 3.11. The summed E-state index contributed by atoms with van der Waals surface area (Å²) in [5.74, 6) is 0.868. The van der Waals surface area contributed by atoms with Crippen LogP contribution >= 0.6 is 46.9 Å². The molecule has 0 aromatic carbocycles. The summed E-state index contributed by atoms with van der Waals surface area (Å²) in [7, 11) is 0. The first-order valence-corrected chi connectivity index (χ1v) is 8.34. The number of rotatable bonds is 7. The molecule has 2 rings (SSSR count). The van der Waals surface area contributed by atoms with Gasteiger partial charge in [0.25, 0.3) is 0 Å². The minimum atomic E-state index is 0. The molecule has 22 heavy (non-hydrogen) atoms. The second kappa shape index (κ2) is 10.9. The van der Waals surface area contributed by atoms with Crippen molar-refractivity contribution < 1.29 is 0 Å². The zero-order chi connectivity index (χ0) is 14.9. The number of nitrogens with zero attached hydrogens (tertiary/aromatic N) is 2. The van der Waals surface area contributed by atoms with E-state index in [1.165, 1.54) is 4.88 Å². The highest BCUT2D eigenvalue weighted by Crippen LogP contribution is 2.21. The molecule has 7 heteroatoms. The fraction of sp³-hybridized carbons (Fsp3) is 0.400. The number of halogens is 2. The maximum Gasteiger partial charge on any atom is 0.191 e. The Hall–Kier alpha value is -0.730. The summed E-state index contributed by atoms with van der Waals surface area (Å²) in [4.78, 5) is 5.86. The highest BCUT2D eigenvalue weighted by atomic mass is 127. The zero-order valence-electron chi connectivity index (χ0n) is 12.6. The minimum Gasteiger partial charge on any atom is -0.357 e. The molecule has 0 spiro atoms. The van der Waals surface area contributed by atoms with Gasteiger partial charge >= 0.3 is 0 Å². The predicted molar refractivity (Wildman–Crippen MR) is 107 cm³/mol. The highest BCUT2D eigenvalue weighted by molar-refractivity contribution is 14.0. The van der Waals surface area contributed by atoms with Gasteiger partial charge in [-0.3, -0.25) is 4.99 Å². The van der Waals surface area contributed by atoms with Crippen molar-refractivity contribution in [3.63, 3.8) is 0 Å². The number of hydrogen-bond donors (Lipinski definition) is 2. The van der Waals surface area contributed by atoms with Crippen LogP contribution in [0.15, 0.2) is 41.7 Å². The van der Waals surface area contributed by atoms with Gasteiger partial charge in [-0.1, -0.05) is 11.6 Å². The highest BCUT2D eigenvalue weighted by Gasteiger charge is 1.99.